The van der Waals surface area contributed by atoms with Gasteiger partial charge in [-0.15, -0.1) is 11.6 Å². The van der Waals surface area contributed by atoms with Crippen LogP contribution >= 0.6 is 23.2 Å². The van der Waals surface area contributed by atoms with Gasteiger partial charge in [-0.05, 0) is 11.6 Å². The van der Waals surface area contributed by atoms with E-state index in [-0.39, 0.29) is 22.0 Å². The first kappa shape index (κ1) is 11.8. The minimum absolute atomic E-state index is 0.0693. The smallest absolute Gasteiger partial charge is 0.340 e. The lowest BCUT2D eigenvalue weighted by Crippen LogP contribution is -2.06. The maximum absolute atomic E-state index is 11.4. The van der Waals surface area contributed by atoms with Crippen molar-refractivity contribution in [1.29, 1.82) is 5.26 Å². The number of benzene rings is 1. The van der Waals surface area contributed by atoms with Gasteiger partial charge < -0.3 is 4.74 Å². The van der Waals surface area contributed by atoms with Gasteiger partial charge in [0.05, 0.1) is 23.3 Å². The minimum Gasteiger partial charge on any atom is -0.465 e. The van der Waals surface area contributed by atoms with Crippen LogP contribution in [0.15, 0.2) is 12.1 Å². The van der Waals surface area contributed by atoms with Gasteiger partial charge in [0.15, 0.2) is 0 Å². The Hall–Kier alpha value is -1.24. The highest BCUT2D eigenvalue weighted by atomic mass is 35.5. The van der Waals surface area contributed by atoms with Crippen LogP contribution < -0.4 is 0 Å². The van der Waals surface area contributed by atoms with Crippen molar-refractivity contribution in [3.05, 3.63) is 33.8 Å². The van der Waals surface area contributed by atoms with Gasteiger partial charge in [0.1, 0.15) is 6.07 Å². The Morgan fingerprint density at radius 1 is 1.60 bits per heavy atom. The highest BCUT2D eigenvalue weighted by Gasteiger charge is 2.18. The van der Waals surface area contributed by atoms with Crippen LogP contribution in [0, 0.1) is 11.3 Å². The molecule has 0 spiro atoms. The lowest BCUT2D eigenvalue weighted by molar-refractivity contribution is 0.0600. The van der Waals surface area contributed by atoms with Gasteiger partial charge in [0, 0.05) is 5.88 Å². The second-order valence-electron chi connectivity index (χ2n) is 2.70. The zero-order chi connectivity index (χ0) is 11.4. The van der Waals surface area contributed by atoms with Crippen LogP contribution in [0.25, 0.3) is 0 Å². The van der Waals surface area contributed by atoms with Crippen molar-refractivity contribution in [3.63, 3.8) is 0 Å². The number of alkyl halides is 1. The second-order valence-corrected chi connectivity index (χ2v) is 3.34. The van der Waals surface area contributed by atoms with Crippen molar-refractivity contribution in [2.45, 2.75) is 5.88 Å². The number of halogens is 2. The van der Waals surface area contributed by atoms with Crippen LogP contribution in [-0.4, -0.2) is 13.1 Å². The third-order valence-electron chi connectivity index (χ3n) is 1.88. The molecule has 0 atom stereocenters. The first-order chi connectivity index (χ1) is 7.15. The molecule has 0 radical (unpaired) electrons. The topological polar surface area (TPSA) is 50.1 Å². The summed E-state index contributed by atoms with van der Waals surface area (Å²) in [5, 5.41) is 8.98. The number of hydrogen-bond acceptors (Lipinski definition) is 3. The molecule has 3 nitrogen and oxygen atoms in total. The third-order valence-corrected chi connectivity index (χ3v) is 2.60. The van der Waals surface area contributed by atoms with Gasteiger partial charge in [0.2, 0.25) is 0 Å². The highest BCUT2D eigenvalue weighted by Crippen LogP contribution is 2.26. The predicted octanol–water partition coefficient (Wildman–Crippen LogP) is 2.74. The lowest BCUT2D eigenvalue weighted by Gasteiger charge is -2.07. The molecule has 1 rings (SSSR count). The molecule has 0 aliphatic rings. The maximum Gasteiger partial charge on any atom is 0.340 e. The lowest BCUT2D eigenvalue weighted by atomic mass is 10.1. The number of hydrogen-bond donors (Lipinski definition) is 0. The molecule has 0 N–H and O–H groups in total. The summed E-state index contributed by atoms with van der Waals surface area (Å²) in [6, 6.07) is 4.98. The quantitative estimate of drug-likeness (QED) is 0.593. The van der Waals surface area contributed by atoms with Gasteiger partial charge in [-0.2, -0.15) is 5.26 Å². The molecule has 15 heavy (non-hydrogen) atoms. The van der Waals surface area contributed by atoms with E-state index < -0.39 is 5.97 Å². The molecule has 0 aliphatic heterocycles. The molecular weight excluding hydrogens is 237 g/mol. The average molecular weight is 244 g/mol. The molecule has 1 aromatic rings. The first-order valence-corrected chi connectivity index (χ1v) is 4.92. The molecule has 0 saturated heterocycles. The molecule has 5 heteroatoms. The Balaban J connectivity index is 3.44. The molecule has 78 valence electrons. The molecule has 0 fully saturated rings. The van der Waals surface area contributed by atoms with Crippen LogP contribution in [0.2, 0.25) is 5.02 Å². The van der Waals surface area contributed by atoms with Crippen LogP contribution in [-0.2, 0) is 10.6 Å². The summed E-state index contributed by atoms with van der Waals surface area (Å²) in [5.74, 6) is -0.460. The summed E-state index contributed by atoms with van der Waals surface area (Å²) in [7, 11) is 1.23. The van der Waals surface area contributed by atoms with Crippen LogP contribution in [0.5, 0.6) is 0 Å². The summed E-state index contributed by atoms with van der Waals surface area (Å²) in [6.45, 7) is 0. The van der Waals surface area contributed by atoms with E-state index in [0.29, 0.717) is 5.56 Å². The van der Waals surface area contributed by atoms with Crippen molar-refractivity contribution < 1.29 is 9.53 Å². The van der Waals surface area contributed by atoms with Crippen LogP contribution in [0.3, 0.4) is 0 Å². The van der Waals surface area contributed by atoms with E-state index in [2.05, 4.69) is 4.74 Å². The Bertz CT molecular complexity index is 438. The fourth-order valence-electron chi connectivity index (χ4n) is 1.12. The fourth-order valence-corrected chi connectivity index (χ4v) is 1.72. The number of esters is 1. The average Bonchev–Trinajstić information content (AvgIpc) is 2.27. The van der Waals surface area contributed by atoms with E-state index in [0.717, 1.165) is 0 Å². The number of nitriles is 1. The Labute approximate surface area is 97.2 Å². The Morgan fingerprint density at radius 2 is 2.27 bits per heavy atom. The van der Waals surface area contributed by atoms with Gasteiger partial charge in [0.25, 0.3) is 0 Å². The summed E-state index contributed by atoms with van der Waals surface area (Å²) in [6.07, 6.45) is 0. The number of ether oxygens (including phenoxy) is 1. The minimum atomic E-state index is -0.636. The second kappa shape index (κ2) is 5.01. The van der Waals surface area contributed by atoms with Crippen LogP contribution in [0.1, 0.15) is 21.5 Å². The van der Waals surface area contributed by atoms with E-state index >= 15 is 0 Å². The van der Waals surface area contributed by atoms with E-state index in [9.17, 15) is 4.79 Å². The highest BCUT2D eigenvalue weighted by molar-refractivity contribution is 6.35. The summed E-state index contributed by atoms with van der Waals surface area (Å²) >= 11 is 11.6. The molecule has 1 aromatic carbocycles. The molecule has 0 aliphatic carbocycles. The molecular formula is C10H7Cl2NO2. The van der Waals surface area contributed by atoms with E-state index in [1.165, 1.54) is 13.2 Å². The van der Waals surface area contributed by atoms with Gasteiger partial charge >= 0.3 is 5.97 Å². The van der Waals surface area contributed by atoms with Crippen molar-refractivity contribution in [2.75, 3.05) is 7.11 Å². The van der Waals surface area contributed by atoms with Gasteiger partial charge in [-0.25, -0.2) is 4.79 Å². The van der Waals surface area contributed by atoms with Gasteiger partial charge in [-0.3, -0.25) is 0 Å². The van der Waals surface area contributed by atoms with E-state index in [1.54, 1.807) is 6.07 Å². The van der Waals surface area contributed by atoms with Crippen LogP contribution in [0.4, 0.5) is 0 Å². The van der Waals surface area contributed by atoms with Crippen molar-refractivity contribution in [3.8, 4) is 6.07 Å². The third kappa shape index (κ3) is 2.23. The van der Waals surface area contributed by atoms with Crippen molar-refractivity contribution in [1.82, 2.24) is 0 Å². The van der Waals surface area contributed by atoms with E-state index in [1.807, 2.05) is 6.07 Å². The molecule has 0 amide bonds. The zero-order valence-corrected chi connectivity index (χ0v) is 9.39. The Morgan fingerprint density at radius 3 is 2.73 bits per heavy atom. The maximum atomic E-state index is 11.4. The van der Waals surface area contributed by atoms with E-state index in [4.69, 9.17) is 28.5 Å². The largest absolute Gasteiger partial charge is 0.465 e. The fraction of sp³-hybridized carbons (Fsp3) is 0.200. The monoisotopic (exact) mass is 243 g/mol. The first-order valence-electron chi connectivity index (χ1n) is 4.01. The molecule has 0 bridgehead atoms. The standard InChI is InChI=1S/C10H7Cl2NO2/c1-15-10(14)8-7(5-13)3-2-6(4-11)9(8)12/h2-3H,4H2,1H3. The number of rotatable bonds is 2. The molecule has 0 heterocycles. The molecule has 0 saturated carbocycles. The normalized spacial score (nSPS) is 9.47. The number of methoxy groups -OCH3 is 1. The van der Waals surface area contributed by atoms with Crippen molar-refractivity contribution in [2.24, 2.45) is 0 Å². The predicted molar refractivity (Wildman–Crippen MR) is 57.1 cm³/mol. The number of carbonyl (C=O) groups excluding carboxylic acids is 1. The summed E-state index contributed by atoms with van der Waals surface area (Å²) in [4.78, 5) is 11.4. The summed E-state index contributed by atoms with van der Waals surface area (Å²) < 4.78 is 4.54. The van der Waals surface area contributed by atoms with Crippen molar-refractivity contribution >= 4 is 29.2 Å². The molecule has 0 aromatic heterocycles. The molecule has 0 unspecified atom stereocenters. The van der Waals surface area contributed by atoms with Gasteiger partial charge in [-0.1, -0.05) is 17.7 Å². The zero-order valence-electron chi connectivity index (χ0n) is 7.88. The number of nitrogens with zero attached hydrogens (tertiary/aromatic N) is 1. The summed E-state index contributed by atoms with van der Waals surface area (Å²) in [5.41, 5.74) is 0.846. The number of carbonyl (C=O) groups is 1. The Kier molecular flexibility index (Phi) is 3.96. The SMILES string of the molecule is COC(=O)c1c(C#N)ccc(CCl)c1Cl.